The first-order chi connectivity index (χ1) is 15.2. The Kier molecular flexibility index (Phi) is 6.40. The molecule has 1 atom stereocenters. The van der Waals surface area contributed by atoms with Crippen molar-refractivity contribution in [3.63, 3.8) is 0 Å². The second-order valence-electron chi connectivity index (χ2n) is 7.63. The molecular formula is C24H26N2O5. The summed E-state index contributed by atoms with van der Waals surface area (Å²) in [4.78, 5) is 28.4. The number of carbonyl (C=O) groups excluding carboxylic acids is 2. The monoisotopic (exact) mass is 422 g/mol. The van der Waals surface area contributed by atoms with Gasteiger partial charge >= 0.3 is 0 Å². The van der Waals surface area contributed by atoms with Crippen molar-refractivity contribution in [2.75, 3.05) is 7.11 Å². The van der Waals surface area contributed by atoms with Gasteiger partial charge < -0.3 is 23.8 Å². The molecule has 1 unspecified atom stereocenters. The summed E-state index contributed by atoms with van der Waals surface area (Å²) in [6.07, 6.45) is 7.00. The smallest absolute Gasteiger partial charge is 0.290 e. The van der Waals surface area contributed by atoms with Gasteiger partial charge in [0.05, 0.1) is 26.2 Å². The Morgan fingerprint density at radius 2 is 1.81 bits per heavy atom. The van der Waals surface area contributed by atoms with Crippen molar-refractivity contribution in [1.29, 1.82) is 0 Å². The van der Waals surface area contributed by atoms with E-state index in [1.54, 1.807) is 31.4 Å². The molecule has 2 amide bonds. The molecule has 7 heteroatoms. The van der Waals surface area contributed by atoms with E-state index in [0.717, 1.165) is 31.2 Å². The predicted molar refractivity (Wildman–Crippen MR) is 113 cm³/mol. The van der Waals surface area contributed by atoms with Gasteiger partial charge in [0, 0.05) is 11.6 Å². The summed E-state index contributed by atoms with van der Waals surface area (Å²) in [6, 6.07) is 13.2. The Balaban J connectivity index is 1.72. The minimum atomic E-state index is -0.946. The number of para-hydroxylation sites is 1. The van der Waals surface area contributed by atoms with E-state index >= 15 is 0 Å². The number of ether oxygens (including phenoxy) is 1. The number of hydrogen-bond donors (Lipinski definition) is 1. The van der Waals surface area contributed by atoms with Crippen LogP contribution in [-0.2, 0) is 11.3 Å². The van der Waals surface area contributed by atoms with E-state index in [4.69, 9.17) is 13.6 Å². The van der Waals surface area contributed by atoms with Crippen LogP contribution in [0.15, 0.2) is 69.9 Å². The third-order valence-corrected chi connectivity index (χ3v) is 5.60. The highest BCUT2D eigenvalue weighted by Gasteiger charge is 2.36. The molecule has 0 bridgehead atoms. The lowest BCUT2D eigenvalue weighted by Gasteiger charge is -2.30. The van der Waals surface area contributed by atoms with E-state index in [9.17, 15) is 9.59 Å². The van der Waals surface area contributed by atoms with E-state index < -0.39 is 11.9 Å². The van der Waals surface area contributed by atoms with Crippen LogP contribution < -0.4 is 10.1 Å². The summed E-state index contributed by atoms with van der Waals surface area (Å²) in [5, 5.41) is 3.11. The highest BCUT2D eigenvalue weighted by atomic mass is 16.5. The zero-order valence-corrected chi connectivity index (χ0v) is 17.5. The summed E-state index contributed by atoms with van der Waals surface area (Å²) in [7, 11) is 1.58. The van der Waals surface area contributed by atoms with Crippen LogP contribution in [0.1, 0.15) is 53.6 Å². The number of rotatable bonds is 8. The van der Waals surface area contributed by atoms with Gasteiger partial charge in [-0.3, -0.25) is 9.59 Å². The van der Waals surface area contributed by atoms with Crippen LogP contribution in [0.25, 0.3) is 0 Å². The second kappa shape index (κ2) is 9.55. The minimum absolute atomic E-state index is 0.108. The van der Waals surface area contributed by atoms with Crippen LogP contribution in [0.3, 0.4) is 0 Å². The van der Waals surface area contributed by atoms with Gasteiger partial charge in [0.2, 0.25) is 0 Å². The average molecular weight is 422 g/mol. The first-order valence-electron chi connectivity index (χ1n) is 10.5. The van der Waals surface area contributed by atoms with E-state index in [1.165, 1.54) is 17.4 Å². The first-order valence-corrected chi connectivity index (χ1v) is 10.5. The van der Waals surface area contributed by atoms with Gasteiger partial charge in [-0.1, -0.05) is 31.0 Å². The molecule has 0 spiro atoms. The van der Waals surface area contributed by atoms with Gasteiger partial charge in [0.25, 0.3) is 11.8 Å². The molecule has 31 heavy (non-hydrogen) atoms. The Bertz CT molecular complexity index is 991. The molecule has 2 heterocycles. The van der Waals surface area contributed by atoms with Gasteiger partial charge in [0.1, 0.15) is 11.5 Å². The van der Waals surface area contributed by atoms with Crippen LogP contribution >= 0.6 is 0 Å². The van der Waals surface area contributed by atoms with Crippen molar-refractivity contribution in [3.05, 3.63) is 78.1 Å². The Morgan fingerprint density at radius 3 is 2.48 bits per heavy atom. The topological polar surface area (TPSA) is 84.9 Å². The first kappa shape index (κ1) is 20.8. The predicted octanol–water partition coefficient (Wildman–Crippen LogP) is 4.32. The Hall–Kier alpha value is -3.48. The van der Waals surface area contributed by atoms with Crippen molar-refractivity contribution in [2.24, 2.45) is 0 Å². The highest BCUT2D eigenvalue weighted by molar-refractivity contribution is 5.95. The Labute approximate surface area is 181 Å². The van der Waals surface area contributed by atoms with Gasteiger partial charge in [-0.15, -0.1) is 0 Å². The molecule has 0 saturated heterocycles. The molecule has 0 aliphatic heterocycles. The van der Waals surface area contributed by atoms with Crippen molar-refractivity contribution in [1.82, 2.24) is 10.2 Å². The highest BCUT2D eigenvalue weighted by Crippen LogP contribution is 2.30. The fourth-order valence-electron chi connectivity index (χ4n) is 4.06. The number of nitrogens with one attached hydrogen (secondary N) is 1. The number of nitrogens with zero attached hydrogens (tertiary/aromatic N) is 1. The maximum atomic E-state index is 13.5. The molecule has 0 radical (unpaired) electrons. The summed E-state index contributed by atoms with van der Waals surface area (Å²) >= 11 is 0. The number of benzene rings is 1. The number of carbonyl (C=O) groups is 2. The zero-order valence-electron chi connectivity index (χ0n) is 17.5. The lowest BCUT2D eigenvalue weighted by atomic mass is 10.1. The molecule has 1 fully saturated rings. The number of methoxy groups -OCH3 is 1. The number of amides is 2. The van der Waals surface area contributed by atoms with Crippen molar-refractivity contribution >= 4 is 11.8 Å². The molecule has 1 aromatic carbocycles. The quantitative estimate of drug-likeness (QED) is 0.584. The lowest BCUT2D eigenvalue weighted by molar-refractivity contribution is -0.127. The normalized spacial score (nSPS) is 14.9. The zero-order chi connectivity index (χ0) is 21.6. The summed E-state index contributed by atoms with van der Waals surface area (Å²) in [5.74, 6) is 0.509. The fourth-order valence-corrected chi connectivity index (χ4v) is 4.06. The van der Waals surface area contributed by atoms with Crippen molar-refractivity contribution < 1.29 is 23.2 Å². The molecule has 1 aliphatic carbocycles. The van der Waals surface area contributed by atoms with Crippen LogP contribution in [-0.4, -0.2) is 29.9 Å². The van der Waals surface area contributed by atoms with Gasteiger partial charge in [0.15, 0.2) is 11.8 Å². The van der Waals surface area contributed by atoms with Crippen LogP contribution in [0, 0.1) is 0 Å². The second-order valence-corrected chi connectivity index (χ2v) is 7.63. The molecule has 1 N–H and O–H groups in total. The van der Waals surface area contributed by atoms with Gasteiger partial charge in [-0.2, -0.15) is 0 Å². The molecule has 3 aromatic rings. The van der Waals surface area contributed by atoms with Crippen molar-refractivity contribution in [2.45, 2.75) is 44.3 Å². The molecular weight excluding hydrogens is 396 g/mol. The fraction of sp³-hybridized carbons (Fsp3) is 0.333. The maximum Gasteiger partial charge on any atom is 0.290 e. The third-order valence-electron chi connectivity index (χ3n) is 5.60. The van der Waals surface area contributed by atoms with E-state index in [1.807, 2.05) is 24.3 Å². The largest absolute Gasteiger partial charge is 0.496 e. The van der Waals surface area contributed by atoms with E-state index in [2.05, 4.69) is 5.32 Å². The van der Waals surface area contributed by atoms with E-state index in [-0.39, 0.29) is 24.3 Å². The molecule has 4 rings (SSSR count). The average Bonchev–Trinajstić information content (AvgIpc) is 3.57. The number of furan rings is 2. The van der Waals surface area contributed by atoms with E-state index in [0.29, 0.717) is 11.5 Å². The van der Waals surface area contributed by atoms with Crippen molar-refractivity contribution in [3.8, 4) is 5.75 Å². The molecule has 1 saturated carbocycles. The molecule has 2 aromatic heterocycles. The maximum absolute atomic E-state index is 13.5. The standard InChI is InChI=1S/C24H26N2O5/c1-29-19-11-5-2-8-17(19)16-26(24(28)21-13-7-15-31-21)22(20-12-6-14-30-20)23(27)25-18-9-3-4-10-18/h2,5-8,11-15,18,22H,3-4,9-10,16H2,1H3,(H,25,27). The summed E-state index contributed by atoms with van der Waals surface area (Å²) in [5.41, 5.74) is 0.773. The number of hydrogen-bond acceptors (Lipinski definition) is 5. The molecule has 7 nitrogen and oxygen atoms in total. The lowest BCUT2D eigenvalue weighted by Crippen LogP contribution is -2.45. The molecule has 162 valence electrons. The Morgan fingerprint density at radius 1 is 1.06 bits per heavy atom. The summed E-state index contributed by atoms with van der Waals surface area (Å²) < 4.78 is 16.4. The van der Waals surface area contributed by atoms with Crippen LogP contribution in [0.5, 0.6) is 5.75 Å². The third kappa shape index (κ3) is 4.66. The van der Waals surface area contributed by atoms with Crippen LogP contribution in [0.4, 0.5) is 0 Å². The molecule has 1 aliphatic rings. The van der Waals surface area contributed by atoms with Crippen LogP contribution in [0.2, 0.25) is 0 Å². The van der Waals surface area contributed by atoms with Gasteiger partial charge in [-0.05, 0) is 43.2 Å². The SMILES string of the molecule is COc1ccccc1CN(C(=O)c1ccco1)C(C(=O)NC1CCCC1)c1ccco1. The van der Waals surface area contributed by atoms with Gasteiger partial charge in [-0.25, -0.2) is 0 Å². The minimum Gasteiger partial charge on any atom is -0.496 e. The summed E-state index contributed by atoms with van der Waals surface area (Å²) in [6.45, 7) is 0.146.